The van der Waals surface area contributed by atoms with E-state index >= 15 is 0 Å². The predicted molar refractivity (Wildman–Crippen MR) is 134 cm³/mol. The third-order valence-electron chi connectivity index (χ3n) is 5.24. The Morgan fingerprint density at radius 2 is 1.68 bits per heavy atom. The van der Waals surface area contributed by atoms with E-state index in [4.69, 9.17) is 46.4 Å². The quantitative estimate of drug-likeness (QED) is 0.290. The maximum atomic E-state index is 13.9. The van der Waals surface area contributed by atoms with Gasteiger partial charge in [-0.1, -0.05) is 39.1 Å². The first-order valence-corrected chi connectivity index (χ1v) is 12.0. The summed E-state index contributed by atoms with van der Waals surface area (Å²) in [5, 5.41) is 5.53. The fraction of sp³-hybridized carbons (Fsp3) is 0.130. The number of hydrogen-bond acceptors (Lipinski definition) is 2. The van der Waals surface area contributed by atoms with Crippen LogP contribution >= 0.6 is 62.3 Å². The second-order valence-corrected chi connectivity index (χ2v) is 10.8. The Morgan fingerprint density at radius 1 is 0.941 bits per heavy atom. The van der Waals surface area contributed by atoms with Gasteiger partial charge in [-0.25, -0.2) is 8.78 Å². The number of amides is 2. The summed E-state index contributed by atoms with van der Waals surface area (Å²) in [5.74, 6) is -4.21. The minimum Gasteiger partial charge on any atom is -0.326 e. The molecule has 0 spiro atoms. The number of hydrogen-bond donors (Lipinski definition) is 2. The molecule has 1 saturated carbocycles. The van der Waals surface area contributed by atoms with E-state index in [-0.39, 0.29) is 22.0 Å². The van der Waals surface area contributed by atoms with Crippen molar-refractivity contribution in [1.82, 2.24) is 0 Å². The SMILES string of the molecule is O=C(Nc1ccc(F)cc1F)c1cc(NC(=O)[C@H]2[C@H](c3cc(Cl)cc(Br)c3)C2(Cl)Cl)ccc1Cl. The first-order chi connectivity index (χ1) is 16.0. The van der Waals surface area contributed by atoms with Gasteiger partial charge in [-0.05, 0) is 54.1 Å². The molecule has 11 heteroatoms. The van der Waals surface area contributed by atoms with Gasteiger partial charge in [0.15, 0.2) is 0 Å². The van der Waals surface area contributed by atoms with Crippen molar-refractivity contribution < 1.29 is 18.4 Å². The number of nitrogens with one attached hydrogen (secondary N) is 2. The van der Waals surface area contributed by atoms with Crippen molar-refractivity contribution in [2.24, 2.45) is 5.92 Å². The zero-order chi connectivity index (χ0) is 24.8. The van der Waals surface area contributed by atoms with Crippen molar-refractivity contribution in [3.8, 4) is 0 Å². The zero-order valence-corrected chi connectivity index (χ0v) is 21.4. The molecule has 4 nitrogen and oxygen atoms in total. The van der Waals surface area contributed by atoms with Gasteiger partial charge in [-0.3, -0.25) is 9.59 Å². The van der Waals surface area contributed by atoms with Crippen LogP contribution in [0.25, 0.3) is 0 Å². The van der Waals surface area contributed by atoms with Crippen LogP contribution in [0.15, 0.2) is 59.1 Å². The molecule has 3 aromatic carbocycles. The third-order valence-corrected chi connectivity index (χ3v) is 7.18. The van der Waals surface area contributed by atoms with Gasteiger partial charge in [0.05, 0.1) is 22.2 Å². The van der Waals surface area contributed by atoms with E-state index in [0.29, 0.717) is 16.7 Å². The molecule has 0 bridgehead atoms. The van der Waals surface area contributed by atoms with Crippen LogP contribution in [0.1, 0.15) is 21.8 Å². The number of benzene rings is 3. The largest absolute Gasteiger partial charge is 0.326 e. The van der Waals surface area contributed by atoms with E-state index in [1.807, 2.05) is 0 Å². The lowest BCUT2D eigenvalue weighted by atomic mass is 10.1. The Balaban J connectivity index is 1.52. The number of carbonyl (C=O) groups excluding carboxylic acids is 2. The molecule has 0 aromatic heterocycles. The first kappa shape index (κ1) is 25.2. The van der Waals surface area contributed by atoms with Gasteiger partial charge in [0.2, 0.25) is 5.91 Å². The normalized spacial score (nSPS) is 18.3. The fourth-order valence-corrected chi connectivity index (χ4v) is 5.52. The van der Waals surface area contributed by atoms with E-state index in [9.17, 15) is 18.4 Å². The molecule has 3 aromatic rings. The van der Waals surface area contributed by atoms with Crippen molar-refractivity contribution in [3.05, 3.63) is 91.9 Å². The number of anilines is 2. The van der Waals surface area contributed by atoms with Crippen LogP contribution in [-0.2, 0) is 4.79 Å². The van der Waals surface area contributed by atoms with E-state index in [1.165, 1.54) is 18.2 Å². The fourth-order valence-electron chi connectivity index (χ4n) is 3.60. The van der Waals surface area contributed by atoms with Crippen LogP contribution in [0.2, 0.25) is 10.0 Å². The van der Waals surface area contributed by atoms with Crippen LogP contribution in [-0.4, -0.2) is 16.1 Å². The van der Waals surface area contributed by atoms with Crippen molar-refractivity contribution in [3.63, 3.8) is 0 Å². The van der Waals surface area contributed by atoms with E-state index in [0.717, 1.165) is 16.6 Å². The number of carbonyl (C=O) groups is 2. The predicted octanol–water partition coefficient (Wildman–Crippen LogP) is 7.81. The molecule has 1 aliphatic carbocycles. The lowest BCUT2D eigenvalue weighted by Gasteiger charge is -2.11. The van der Waals surface area contributed by atoms with E-state index in [1.54, 1.807) is 18.2 Å². The average molecular weight is 609 g/mol. The molecule has 2 amide bonds. The molecule has 176 valence electrons. The highest BCUT2D eigenvalue weighted by molar-refractivity contribution is 9.10. The molecule has 2 atom stereocenters. The third kappa shape index (κ3) is 5.19. The average Bonchev–Trinajstić information content (AvgIpc) is 3.33. The molecular formula is C23H13BrCl4F2N2O2. The van der Waals surface area contributed by atoms with Crippen LogP contribution < -0.4 is 10.6 Å². The summed E-state index contributed by atoms with van der Waals surface area (Å²) in [6.07, 6.45) is 0. The Labute approximate surface area is 221 Å². The van der Waals surface area contributed by atoms with Crippen LogP contribution in [0.3, 0.4) is 0 Å². The minimum atomic E-state index is -1.35. The van der Waals surface area contributed by atoms with Crippen LogP contribution in [0.4, 0.5) is 20.2 Å². The summed E-state index contributed by atoms with van der Waals surface area (Å²) in [5.41, 5.74) is 0.694. The lowest BCUT2D eigenvalue weighted by Crippen LogP contribution is -2.18. The molecule has 0 heterocycles. The summed E-state index contributed by atoms with van der Waals surface area (Å²) in [7, 11) is 0. The van der Waals surface area contributed by atoms with Crippen LogP contribution in [0, 0.1) is 17.6 Å². The number of halogens is 7. The maximum absolute atomic E-state index is 13.9. The molecular weight excluding hydrogens is 596 g/mol. The Kier molecular flexibility index (Phi) is 7.14. The van der Waals surface area contributed by atoms with Gasteiger partial charge >= 0.3 is 0 Å². The topological polar surface area (TPSA) is 58.2 Å². The van der Waals surface area contributed by atoms with Crippen molar-refractivity contribution in [2.75, 3.05) is 10.6 Å². The van der Waals surface area contributed by atoms with Gasteiger partial charge in [-0.2, -0.15) is 0 Å². The molecule has 1 fully saturated rings. The van der Waals surface area contributed by atoms with Gasteiger partial charge in [0, 0.05) is 27.2 Å². The highest BCUT2D eigenvalue weighted by Gasteiger charge is 2.67. The molecule has 1 aliphatic rings. The molecule has 0 aliphatic heterocycles. The standard InChI is InChI=1S/C23H13BrCl4F2N2O2/c24-11-5-10(6-12(25)7-11)19-20(23(19,27)28)22(34)31-14-2-3-16(26)15(9-14)21(33)32-18-4-1-13(29)8-17(18)30/h1-9,19-20H,(H,31,34)(H,32,33)/t19-,20+/m0/s1. The minimum absolute atomic E-state index is 0.0303. The van der Waals surface area contributed by atoms with Gasteiger partial charge in [0.1, 0.15) is 16.0 Å². The molecule has 4 rings (SSSR count). The smallest absolute Gasteiger partial charge is 0.257 e. The number of alkyl halides is 2. The summed E-state index contributed by atoms with van der Waals surface area (Å²) >= 11 is 28.4. The van der Waals surface area contributed by atoms with Gasteiger partial charge < -0.3 is 10.6 Å². The molecule has 34 heavy (non-hydrogen) atoms. The van der Waals surface area contributed by atoms with Gasteiger partial charge in [-0.15, -0.1) is 23.2 Å². The molecule has 2 N–H and O–H groups in total. The maximum Gasteiger partial charge on any atom is 0.257 e. The zero-order valence-electron chi connectivity index (χ0n) is 16.8. The van der Waals surface area contributed by atoms with E-state index < -0.39 is 39.6 Å². The first-order valence-electron chi connectivity index (χ1n) is 9.68. The lowest BCUT2D eigenvalue weighted by molar-refractivity contribution is -0.117. The highest BCUT2D eigenvalue weighted by Crippen LogP contribution is 2.65. The van der Waals surface area contributed by atoms with Crippen molar-refractivity contribution in [2.45, 2.75) is 10.3 Å². The summed E-state index contributed by atoms with van der Waals surface area (Å²) < 4.78 is 26.4. The summed E-state index contributed by atoms with van der Waals surface area (Å²) in [4.78, 5) is 25.6. The Hall–Kier alpha value is -1.90. The molecule has 0 radical (unpaired) electrons. The van der Waals surface area contributed by atoms with E-state index in [2.05, 4.69) is 26.6 Å². The number of rotatable bonds is 5. The second kappa shape index (κ2) is 9.63. The second-order valence-electron chi connectivity index (χ2n) is 7.59. The molecule has 0 unspecified atom stereocenters. The van der Waals surface area contributed by atoms with Crippen LogP contribution in [0.5, 0.6) is 0 Å². The van der Waals surface area contributed by atoms with Crippen molar-refractivity contribution in [1.29, 1.82) is 0 Å². The van der Waals surface area contributed by atoms with Gasteiger partial charge in [0.25, 0.3) is 5.91 Å². The monoisotopic (exact) mass is 606 g/mol. The Bertz CT molecular complexity index is 1300. The van der Waals surface area contributed by atoms with Crippen molar-refractivity contribution >= 4 is 85.5 Å². The summed E-state index contributed by atoms with van der Waals surface area (Å²) in [6, 6.07) is 12.1. The highest BCUT2D eigenvalue weighted by atomic mass is 79.9. The Morgan fingerprint density at radius 3 is 2.35 bits per heavy atom. The molecule has 0 saturated heterocycles. The summed E-state index contributed by atoms with van der Waals surface area (Å²) in [6.45, 7) is 0.